The lowest BCUT2D eigenvalue weighted by Crippen LogP contribution is -2.12. The SMILES string of the molecule is Cc1ccn2cc(C(=O)Nc3nc4c(s3)CCCCCC4)nc2c1. The molecule has 6 heteroatoms. The molecule has 3 aromatic rings. The standard InChI is InChI=1S/C18H20N4OS/c1-12-8-9-22-11-14(19-16(22)10-12)17(23)21-18-20-13-6-4-2-3-5-7-15(13)24-18/h8-11H,2-7H2,1H3,(H,20,21,23). The first-order valence-corrected chi connectivity index (χ1v) is 9.26. The Morgan fingerprint density at radius 1 is 1.21 bits per heavy atom. The predicted octanol–water partition coefficient (Wildman–Crippen LogP) is 4.01. The Kier molecular flexibility index (Phi) is 4.06. The number of anilines is 1. The van der Waals surface area contributed by atoms with E-state index in [1.54, 1.807) is 17.5 Å². The average Bonchev–Trinajstić information content (AvgIpc) is 3.11. The molecule has 0 aliphatic heterocycles. The largest absolute Gasteiger partial charge is 0.306 e. The van der Waals surface area contributed by atoms with E-state index in [1.165, 1.54) is 36.3 Å². The molecule has 1 N–H and O–H groups in total. The van der Waals surface area contributed by atoms with Crippen LogP contribution in [-0.4, -0.2) is 20.3 Å². The topological polar surface area (TPSA) is 59.3 Å². The van der Waals surface area contributed by atoms with Crippen molar-refractivity contribution in [2.24, 2.45) is 0 Å². The summed E-state index contributed by atoms with van der Waals surface area (Å²) in [7, 11) is 0. The Balaban J connectivity index is 1.55. The van der Waals surface area contributed by atoms with Crippen molar-refractivity contribution in [1.82, 2.24) is 14.4 Å². The van der Waals surface area contributed by atoms with Crippen molar-refractivity contribution in [1.29, 1.82) is 0 Å². The van der Waals surface area contributed by atoms with Gasteiger partial charge in [0.2, 0.25) is 0 Å². The van der Waals surface area contributed by atoms with Crippen molar-refractivity contribution in [3.8, 4) is 0 Å². The maximum Gasteiger partial charge on any atom is 0.277 e. The van der Waals surface area contributed by atoms with Crippen LogP contribution >= 0.6 is 11.3 Å². The molecule has 1 aliphatic rings. The number of carbonyl (C=O) groups is 1. The highest BCUT2D eigenvalue weighted by atomic mass is 32.1. The van der Waals surface area contributed by atoms with E-state index in [2.05, 4.69) is 15.3 Å². The quantitative estimate of drug-likeness (QED) is 0.767. The van der Waals surface area contributed by atoms with Crippen molar-refractivity contribution in [3.63, 3.8) is 0 Å². The Bertz CT molecular complexity index is 870. The summed E-state index contributed by atoms with van der Waals surface area (Å²) in [5, 5.41) is 3.62. The molecule has 1 amide bonds. The van der Waals surface area contributed by atoms with E-state index >= 15 is 0 Å². The fourth-order valence-corrected chi connectivity index (χ4v) is 4.16. The zero-order valence-corrected chi connectivity index (χ0v) is 14.5. The molecule has 24 heavy (non-hydrogen) atoms. The molecule has 124 valence electrons. The van der Waals surface area contributed by atoms with Crippen molar-refractivity contribution >= 4 is 28.0 Å². The van der Waals surface area contributed by atoms with Gasteiger partial charge in [-0.05, 0) is 50.3 Å². The van der Waals surface area contributed by atoms with Crippen molar-refractivity contribution < 1.29 is 4.79 Å². The van der Waals surface area contributed by atoms with Gasteiger partial charge in [-0.1, -0.05) is 12.8 Å². The maximum atomic E-state index is 12.5. The highest BCUT2D eigenvalue weighted by molar-refractivity contribution is 7.15. The second-order valence-corrected chi connectivity index (χ2v) is 7.44. The lowest BCUT2D eigenvalue weighted by Gasteiger charge is -2.06. The summed E-state index contributed by atoms with van der Waals surface area (Å²) in [6, 6.07) is 3.96. The van der Waals surface area contributed by atoms with Gasteiger partial charge in [-0.15, -0.1) is 11.3 Å². The molecule has 4 rings (SSSR count). The third-order valence-corrected chi connectivity index (χ3v) is 5.49. The van der Waals surface area contributed by atoms with E-state index < -0.39 is 0 Å². The van der Waals surface area contributed by atoms with Gasteiger partial charge >= 0.3 is 0 Å². The van der Waals surface area contributed by atoms with Crippen LogP contribution in [0.4, 0.5) is 5.13 Å². The van der Waals surface area contributed by atoms with E-state index in [-0.39, 0.29) is 5.91 Å². The van der Waals surface area contributed by atoms with E-state index in [0.717, 1.165) is 24.1 Å². The lowest BCUT2D eigenvalue weighted by molar-refractivity contribution is 0.102. The zero-order chi connectivity index (χ0) is 16.5. The molecule has 0 atom stereocenters. The Morgan fingerprint density at radius 3 is 2.92 bits per heavy atom. The molecule has 3 aromatic heterocycles. The zero-order valence-electron chi connectivity index (χ0n) is 13.7. The van der Waals surface area contributed by atoms with Gasteiger partial charge in [0, 0.05) is 17.3 Å². The molecule has 5 nitrogen and oxygen atoms in total. The van der Waals surface area contributed by atoms with E-state index in [9.17, 15) is 4.79 Å². The first-order valence-electron chi connectivity index (χ1n) is 8.44. The number of amides is 1. The van der Waals surface area contributed by atoms with Crippen LogP contribution in [0.25, 0.3) is 5.65 Å². The number of carbonyl (C=O) groups excluding carboxylic acids is 1. The van der Waals surface area contributed by atoms with Gasteiger partial charge in [-0.25, -0.2) is 9.97 Å². The maximum absolute atomic E-state index is 12.5. The molecule has 0 saturated heterocycles. The number of pyridine rings is 1. The molecule has 0 saturated carbocycles. The van der Waals surface area contributed by atoms with Crippen LogP contribution in [0.15, 0.2) is 24.5 Å². The van der Waals surface area contributed by atoms with Crippen LogP contribution < -0.4 is 5.32 Å². The molecule has 0 bridgehead atoms. The number of nitrogens with one attached hydrogen (secondary N) is 1. The molecule has 0 fully saturated rings. The Morgan fingerprint density at radius 2 is 2.04 bits per heavy atom. The predicted molar refractivity (Wildman–Crippen MR) is 95.9 cm³/mol. The third-order valence-electron chi connectivity index (χ3n) is 4.41. The molecular weight excluding hydrogens is 320 g/mol. The van der Waals surface area contributed by atoms with Gasteiger partial charge in [0.1, 0.15) is 11.3 Å². The number of aryl methyl sites for hydroxylation is 3. The molecule has 0 spiro atoms. The highest BCUT2D eigenvalue weighted by Crippen LogP contribution is 2.28. The second-order valence-electron chi connectivity index (χ2n) is 6.35. The monoisotopic (exact) mass is 340 g/mol. The van der Waals surface area contributed by atoms with E-state index in [1.807, 2.05) is 29.7 Å². The van der Waals surface area contributed by atoms with E-state index in [4.69, 9.17) is 0 Å². The number of hydrogen-bond acceptors (Lipinski definition) is 4. The van der Waals surface area contributed by atoms with Crippen LogP contribution in [0.1, 0.15) is 52.3 Å². The van der Waals surface area contributed by atoms with Crippen LogP contribution in [0.2, 0.25) is 0 Å². The second kappa shape index (κ2) is 6.36. The van der Waals surface area contributed by atoms with Crippen molar-refractivity contribution in [3.05, 3.63) is 46.4 Å². The minimum atomic E-state index is -0.196. The normalized spacial score (nSPS) is 14.9. The molecule has 0 radical (unpaired) electrons. The van der Waals surface area contributed by atoms with Crippen LogP contribution in [0.3, 0.4) is 0 Å². The van der Waals surface area contributed by atoms with Gasteiger partial charge in [0.05, 0.1) is 5.69 Å². The smallest absolute Gasteiger partial charge is 0.277 e. The number of nitrogens with zero attached hydrogens (tertiary/aromatic N) is 3. The summed E-state index contributed by atoms with van der Waals surface area (Å²) in [6.07, 6.45) is 10.8. The number of hydrogen-bond donors (Lipinski definition) is 1. The summed E-state index contributed by atoms with van der Waals surface area (Å²) in [6.45, 7) is 2.01. The lowest BCUT2D eigenvalue weighted by atomic mass is 10.0. The van der Waals surface area contributed by atoms with Crippen LogP contribution in [-0.2, 0) is 12.8 Å². The number of aromatic nitrogens is 3. The van der Waals surface area contributed by atoms with Gasteiger partial charge < -0.3 is 4.40 Å². The van der Waals surface area contributed by atoms with Gasteiger partial charge in [-0.3, -0.25) is 10.1 Å². The molecule has 1 aliphatic carbocycles. The summed E-state index contributed by atoms with van der Waals surface area (Å²) in [5.41, 5.74) is 3.50. The summed E-state index contributed by atoms with van der Waals surface area (Å²) in [4.78, 5) is 22.9. The summed E-state index contributed by atoms with van der Waals surface area (Å²) < 4.78 is 1.86. The van der Waals surface area contributed by atoms with E-state index in [0.29, 0.717) is 10.8 Å². The fourth-order valence-electron chi connectivity index (χ4n) is 3.11. The third kappa shape index (κ3) is 3.06. The number of imidazole rings is 1. The van der Waals surface area contributed by atoms with Crippen molar-refractivity contribution in [2.45, 2.75) is 45.4 Å². The molecule has 0 unspecified atom stereocenters. The summed E-state index contributed by atoms with van der Waals surface area (Å²) >= 11 is 1.61. The van der Waals surface area contributed by atoms with Gasteiger partial charge in [-0.2, -0.15) is 0 Å². The highest BCUT2D eigenvalue weighted by Gasteiger charge is 2.17. The first kappa shape index (κ1) is 15.3. The van der Waals surface area contributed by atoms with Crippen LogP contribution in [0.5, 0.6) is 0 Å². The average molecular weight is 340 g/mol. The minimum Gasteiger partial charge on any atom is -0.306 e. The van der Waals surface area contributed by atoms with Crippen molar-refractivity contribution in [2.75, 3.05) is 5.32 Å². The minimum absolute atomic E-state index is 0.196. The van der Waals surface area contributed by atoms with Crippen LogP contribution in [0, 0.1) is 6.92 Å². The van der Waals surface area contributed by atoms with Gasteiger partial charge in [0.25, 0.3) is 5.91 Å². The number of thiazole rings is 1. The number of rotatable bonds is 2. The molecule has 3 heterocycles. The molecule has 0 aromatic carbocycles. The first-order chi connectivity index (χ1) is 11.7. The fraction of sp³-hybridized carbons (Fsp3) is 0.389. The van der Waals surface area contributed by atoms with Gasteiger partial charge in [0.15, 0.2) is 5.13 Å². The Labute approximate surface area is 144 Å². The Hall–Kier alpha value is -2.21. The summed E-state index contributed by atoms with van der Waals surface area (Å²) in [5.74, 6) is -0.196. The molecular formula is C18H20N4OS. The number of fused-ring (bicyclic) bond motifs is 2.